The fourth-order valence-corrected chi connectivity index (χ4v) is 3.49. The molecule has 1 aromatic heterocycles. The lowest BCUT2D eigenvalue weighted by Crippen LogP contribution is -2.47. The van der Waals surface area contributed by atoms with Gasteiger partial charge in [0, 0.05) is 38.7 Å². The van der Waals surface area contributed by atoms with Gasteiger partial charge < -0.3 is 24.4 Å². The minimum absolute atomic E-state index is 0.0947. The second kappa shape index (κ2) is 8.12. The average Bonchev–Trinajstić information content (AvgIpc) is 3.21. The number of likely N-dealkylation sites (tertiary alicyclic amines) is 1. The van der Waals surface area contributed by atoms with Crippen LogP contribution in [0.4, 0.5) is 5.95 Å². The first-order valence-electron chi connectivity index (χ1n) is 9.44. The number of carbonyl (C=O) groups is 1. The normalized spacial score (nSPS) is 18.2. The van der Waals surface area contributed by atoms with Crippen molar-refractivity contribution in [2.24, 2.45) is 0 Å². The minimum atomic E-state index is -0.493. The zero-order chi connectivity index (χ0) is 19.4. The van der Waals surface area contributed by atoms with Gasteiger partial charge in [-0.15, -0.1) is 0 Å². The largest absolute Gasteiger partial charge is 0.497 e. The van der Waals surface area contributed by atoms with E-state index >= 15 is 0 Å². The van der Waals surface area contributed by atoms with Crippen LogP contribution >= 0.6 is 0 Å². The molecule has 3 heterocycles. The van der Waals surface area contributed by atoms with Crippen molar-refractivity contribution in [3.63, 3.8) is 0 Å². The molecule has 2 saturated heterocycles. The fraction of sp³-hybridized carbons (Fsp3) is 0.450. The van der Waals surface area contributed by atoms with Gasteiger partial charge in [-0.3, -0.25) is 4.79 Å². The molecular weight excluding hydrogens is 360 g/mol. The Hall–Kier alpha value is -2.71. The van der Waals surface area contributed by atoms with Crippen LogP contribution in [0.1, 0.15) is 28.9 Å². The van der Waals surface area contributed by atoms with Gasteiger partial charge in [0.15, 0.2) is 5.79 Å². The van der Waals surface area contributed by atoms with Crippen molar-refractivity contribution in [1.29, 1.82) is 0 Å². The SMILES string of the molecule is COc1ccc(CNc2nccc(C(=O)N3CCC4(CC3)OCCO4)n2)cc1. The second-order valence-corrected chi connectivity index (χ2v) is 6.87. The zero-order valence-corrected chi connectivity index (χ0v) is 15.9. The van der Waals surface area contributed by atoms with Crippen LogP contribution in [0, 0.1) is 0 Å². The van der Waals surface area contributed by atoms with Crippen LogP contribution in [-0.4, -0.2) is 60.0 Å². The highest BCUT2D eigenvalue weighted by Crippen LogP contribution is 2.31. The van der Waals surface area contributed by atoms with Crippen molar-refractivity contribution in [2.45, 2.75) is 25.2 Å². The number of nitrogens with one attached hydrogen (secondary N) is 1. The molecule has 0 radical (unpaired) electrons. The summed E-state index contributed by atoms with van der Waals surface area (Å²) in [5, 5.41) is 3.16. The third kappa shape index (κ3) is 4.07. The monoisotopic (exact) mass is 384 g/mol. The molecule has 1 N–H and O–H groups in total. The Morgan fingerprint density at radius 2 is 1.89 bits per heavy atom. The van der Waals surface area contributed by atoms with E-state index in [4.69, 9.17) is 14.2 Å². The lowest BCUT2D eigenvalue weighted by molar-refractivity contribution is -0.181. The summed E-state index contributed by atoms with van der Waals surface area (Å²) in [7, 11) is 1.64. The van der Waals surface area contributed by atoms with Gasteiger partial charge in [0.1, 0.15) is 11.4 Å². The van der Waals surface area contributed by atoms with E-state index in [0.29, 0.717) is 57.3 Å². The summed E-state index contributed by atoms with van der Waals surface area (Å²) in [6.07, 6.45) is 2.98. The number of carbonyl (C=O) groups excluding carboxylic acids is 1. The molecule has 4 rings (SSSR count). The molecule has 1 aromatic carbocycles. The van der Waals surface area contributed by atoms with Crippen LogP contribution in [0.25, 0.3) is 0 Å². The summed E-state index contributed by atoms with van der Waals surface area (Å²) < 4.78 is 16.6. The molecule has 2 fully saturated rings. The molecule has 0 saturated carbocycles. The lowest BCUT2D eigenvalue weighted by Gasteiger charge is -2.37. The molecule has 1 spiro atoms. The van der Waals surface area contributed by atoms with E-state index in [2.05, 4.69) is 15.3 Å². The number of nitrogens with zero attached hydrogens (tertiary/aromatic N) is 3. The fourth-order valence-electron chi connectivity index (χ4n) is 3.49. The van der Waals surface area contributed by atoms with Crippen LogP contribution in [0.15, 0.2) is 36.5 Å². The van der Waals surface area contributed by atoms with Gasteiger partial charge in [0.2, 0.25) is 5.95 Å². The van der Waals surface area contributed by atoms with Crippen LogP contribution in [0.2, 0.25) is 0 Å². The Morgan fingerprint density at radius 1 is 1.18 bits per heavy atom. The van der Waals surface area contributed by atoms with Crippen LogP contribution in [0.5, 0.6) is 5.75 Å². The molecule has 0 bridgehead atoms. The number of ether oxygens (including phenoxy) is 3. The number of hydrogen-bond acceptors (Lipinski definition) is 7. The Balaban J connectivity index is 1.35. The Labute approximate surface area is 163 Å². The molecule has 1 amide bonds. The first-order chi connectivity index (χ1) is 13.7. The molecule has 0 aliphatic carbocycles. The van der Waals surface area contributed by atoms with E-state index in [1.807, 2.05) is 24.3 Å². The average molecular weight is 384 g/mol. The lowest BCUT2D eigenvalue weighted by atomic mass is 10.0. The standard InChI is InChI=1S/C20H24N4O4/c1-26-16-4-2-15(3-5-16)14-22-19-21-9-6-17(23-19)18(25)24-10-7-20(8-11-24)27-12-13-28-20/h2-6,9H,7-8,10-14H2,1H3,(H,21,22,23). The van der Waals surface area contributed by atoms with Crippen molar-refractivity contribution in [2.75, 3.05) is 38.7 Å². The zero-order valence-electron chi connectivity index (χ0n) is 15.9. The Kier molecular flexibility index (Phi) is 5.40. The number of piperidine rings is 1. The Morgan fingerprint density at radius 3 is 2.57 bits per heavy atom. The first kappa shape index (κ1) is 18.6. The molecule has 0 unspecified atom stereocenters. The Bertz CT molecular complexity index is 811. The van der Waals surface area contributed by atoms with E-state index in [-0.39, 0.29) is 5.91 Å². The van der Waals surface area contributed by atoms with Crippen molar-refractivity contribution in [1.82, 2.24) is 14.9 Å². The predicted octanol–water partition coefficient (Wildman–Crippen LogP) is 2.08. The van der Waals surface area contributed by atoms with Crippen LogP contribution < -0.4 is 10.1 Å². The summed E-state index contributed by atoms with van der Waals surface area (Å²) in [6.45, 7) is 3.00. The number of benzene rings is 1. The molecule has 28 heavy (non-hydrogen) atoms. The summed E-state index contributed by atoms with van der Waals surface area (Å²) in [4.78, 5) is 23.2. The summed E-state index contributed by atoms with van der Waals surface area (Å²) in [5.74, 6) is 0.651. The smallest absolute Gasteiger partial charge is 0.272 e. The maximum absolute atomic E-state index is 12.8. The first-order valence-corrected chi connectivity index (χ1v) is 9.44. The van der Waals surface area contributed by atoms with E-state index in [1.54, 1.807) is 24.3 Å². The van der Waals surface area contributed by atoms with E-state index in [9.17, 15) is 4.79 Å². The molecule has 2 aliphatic rings. The highest BCUT2D eigenvalue weighted by Gasteiger charge is 2.41. The number of hydrogen-bond donors (Lipinski definition) is 1. The van der Waals surface area contributed by atoms with Crippen molar-refractivity contribution < 1.29 is 19.0 Å². The topological polar surface area (TPSA) is 85.8 Å². The molecule has 8 nitrogen and oxygen atoms in total. The quantitative estimate of drug-likeness (QED) is 0.845. The maximum Gasteiger partial charge on any atom is 0.272 e. The van der Waals surface area contributed by atoms with Crippen molar-refractivity contribution in [3.05, 3.63) is 47.8 Å². The van der Waals surface area contributed by atoms with Crippen LogP contribution in [-0.2, 0) is 16.0 Å². The highest BCUT2D eigenvalue weighted by molar-refractivity contribution is 5.92. The number of methoxy groups -OCH3 is 1. The van der Waals surface area contributed by atoms with E-state index in [0.717, 1.165) is 11.3 Å². The van der Waals surface area contributed by atoms with Crippen LogP contribution in [0.3, 0.4) is 0 Å². The molecule has 148 valence electrons. The molecule has 2 aliphatic heterocycles. The van der Waals surface area contributed by atoms with Gasteiger partial charge in [-0.25, -0.2) is 9.97 Å². The number of anilines is 1. The van der Waals surface area contributed by atoms with Gasteiger partial charge >= 0.3 is 0 Å². The summed E-state index contributed by atoms with van der Waals surface area (Å²) in [6, 6.07) is 9.39. The van der Waals surface area contributed by atoms with Gasteiger partial charge in [0.05, 0.1) is 20.3 Å². The van der Waals surface area contributed by atoms with E-state index < -0.39 is 5.79 Å². The summed E-state index contributed by atoms with van der Waals surface area (Å²) >= 11 is 0. The predicted molar refractivity (Wildman–Crippen MR) is 102 cm³/mol. The van der Waals surface area contributed by atoms with Gasteiger partial charge in [-0.2, -0.15) is 0 Å². The van der Waals surface area contributed by atoms with Crippen molar-refractivity contribution >= 4 is 11.9 Å². The summed E-state index contributed by atoms with van der Waals surface area (Å²) in [5.41, 5.74) is 1.45. The molecule has 0 atom stereocenters. The number of aromatic nitrogens is 2. The number of amides is 1. The number of rotatable bonds is 5. The van der Waals surface area contributed by atoms with Gasteiger partial charge in [0.25, 0.3) is 5.91 Å². The van der Waals surface area contributed by atoms with Gasteiger partial charge in [-0.1, -0.05) is 12.1 Å². The highest BCUT2D eigenvalue weighted by atomic mass is 16.7. The van der Waals surface area contributed by atoms with E-state index in [1.165, 1.54) is 0 Å². The third-order valence-corrected chi connectivity index (χ3v) is 5.11. The molecule has 2 aromatic rings. The third-order valence-electron chi connectivity index (χ3n) is 5.11. The minimum Gasteiger partial charge on any atom is -0.497 e. The second-order valence-electron chi connectivity index (χ2n) is 6.87. The maximum atomic E-state index is 12.8. The molecular formula is C20H24N4O4. The molecule has 8 heteroatoms. The van der Waals surface area contributed by atoms with Gasteiger partial charge in [-0.05, 0) is 23.8 Å². The van der Waals surface area contributed by atoms with Crippen molar-refractivity contribution in [3.8, 4) is 5.75 Å².